The molecule has 1 saturated carbocycles. The van der Waals surface area contributed by atoms with Crippen molar-refractivity contribution in [2.45, 2.75) is 32.1 Å². The van der Waals surface area contributed by atoms with E-state index in [1.807, 2.05) is 0 Å². The minimum Gasteiger partial charge on any atom is -0.326 e. The summed E-state index contributed by atoms with van der Waals surface area (Å²) >= 11 is 0. The standard InChI is InChI=1S/C21H22FN3O2/c22-18-10-6-15(7-11-18)14-23-25-21(27)17-8-12-19(13-9-17)24-20(26)16-4-2-1-3-5-16/h6-14,16H,1-5H2,(H,24,26)(H,25,27). The van der Waals surface area contributed by atoms with Crippen LogP contribution in [-0.4, -0.2) is 18.0 Å². The van der Waals surface area contributed by atoms with Crippen molar-refractivity contribution in [3.63, 3.8) is 0 Å². The lowest BCUT2D eigenvalue weighted by Crippen LogP contribution is -2.24. The van der Waals surface area contributed by atoms with E-state index in [1.165, 1.54) is 24.8 Å². The predicted molar refractivity (Wildman–Crippen MR) is 103 cm³/mol. The first-order chi connectivity index (χ1) is 13.1. The second-order valence-corrected chi connectivity index (χ2v) is 6.65. The van der Waals surface area contributed by atoms with E-state index < -0.39 is 0 Å². The Kier molecular flexibility index (Phi) is 6.30. The van der Waals surface area contributed by atoms with E-state index in [1.54, 1.807) is 36.4 Å². The zero-order chi connectivity index (χ0) is 19.1. The van der Waals surface area contributed by atoms with E-state index in [0.717, 1.165) is 25.7 Å². The fourth-order valence-electron chi connectivity index (χ4n) is 3.09. The molecule has 2 aromatic carbocycles. The van der Waals surface area contributed by atoms with Gasteiger partial charge in [-0.05, 0) is 54.8 Å². The zero-order valence-electron chi connectivity index (χ0n) is 15.0. The monoisotopic (exact) mass is 367 g/mol. The van der Waals surface area contributed by atoms with Crippen LogP contribution in [0.4, 0.5) is 10.1 Å². The molecule has 0 aliphatic heterocycles. The van der Waals surface area contributed by atoms with Crippen molar-refractivity contribution in [3.05, 3.63) is 65.5 Å². The molecule has 3 rings (SSSR count). The molecule has 0 atom stereocenters. The van der Waals surface area contributed by atoms with Gasteiger partial charge in [0.05, 0.1) is 6.21 Å². The number of halogens is 1. The minimum absolute atomic E-state index is 0.0517. The Labute approximate surface area is 157 Å². The van der Waals surface area contributed by atoms with Crippen LogP contribution in [0.5, 0.6) is 0 Å². The van der Waals surface area contributed by atoms with Crippen LogP contribution in [0.1, 0.15) is 48.0 Å². The molecule has 0 bridgehead atoms. The van der Waals surface area contributed by atoms with Gasteiger partial charge in [-0.3, -0.25) is 9.59 Å². The summed E-state index contributed by atoms with van der Waals surface area (Å²) < 4.78 is 12.8. The second-order valence-electron chi connectivity index (χ2n) is 6.65. The summed E-state index contributed by atoms with van der Waals surface area (Å²) in [6.07, 6.45) is 6.75. The Hall–Kier alpha value is -3.02. The Balaban J connectivity index is 1.52. The first kappa shape index (κ1) is 18.8. The second kappa shape index (κ2) is 9.07. The molecule has 140 valence electrons. The van der Waals surface area contributed by atoms with E-state index in [-0.39, 0.29) is 23.5 Å². The average Bonchev–Trinajstić information content (AvgIpc) is 2.70. The number of benzene rings is 2. The topological polar surface area (TPSA) is 70.6 Å². The van der Waals surface area contributed by atoms with Gasteiger partial charge in [-0.15, -0.1) is 0 Å². The highest BCUT2D eigenvalue weighted by Crippen LogP contribution is 2.25. The van der Waals surface area contributed by atoms with Crippen LogP contribution in [0, 0.1) is 11.7 Å². The highest BCUT2D eigenvalue weighted by atomic mass is 19.1. The lowest BCUT2D eigenvalue weighted by Gasteiger charge is -2.20. The maximum absolute atomic E-state index is 12.8. The van der Waals surface area contributed by atoms with E-state index >= 15 is 0 Å². The predicted octanol–water partition coefficient (Wildman–Crippen LogP) is 4.11. The molecule has 2 aromatic rings. The van der Waals surface area contributed by atoms with Gasteiger partial charge >= 0.3 is 0 Å². The van der Waals surface area contributed by atoms with E-state index in [4.69, 9.17) is 0 Å². The summed E-state index contributed by atoms with van der Waals surface area (Å²) in [5.74, 6) is -0.552. The van der Waals surface area contributed by atoms with E-state index in [9.17, 15) is 14.0 Å². The van der Waals surface area contributed by atoms with Gasteiger partial charge in [-0.1, -0.05) is 31.4 Å². The molecule has 0 saturated heterocycles. The Morgan fingerprint density at radius 2 is 1.63 bits per heavy atom. The number of nitrogens with one attached hydrogen (secondary N) is 2. The van der Waals surface area contributed by atoms with Crippen LogP contribution < -0.4 is 10.7 Å². The Bertz CT molecular complexity index is 810. The van der Waals surface area contributed by atoms with Crippen LogP contribution in [0.2, 0.25) is 0 Å². The largest absolute Gasteiger partial charge is 0.326 e. The molecule has 0 spiro atoms. The lowest BCUT2D eigenvalue weighted by molar-refractivity contribution is -0.120. The average molecular weight is 367 g/mol. The number of anilines is 1. The third-order valence-electron chi connectivity index (χ3n) is 4.64. The number of carbonyl (C=O) groups excluding carboxylic acids is 2. The quantitative estimate of drug-likeness (QED) is 0.617. The first-order valence-corrected chi connectivity index (χ1v) is 9.12. The number of rotatable bonds is 5. The number of hydrazone groups is 1. The number of hydrogen-bond donors (Lipinski definition) is 2. The third-order valence-corrected chi connectivity index (χ3v) is 4.64. The van der Waals surface area contributed by atoms with Crippen molar-refractivity contribution in [1.29, 1.82) is 0 Å². The van der Waals surface area contributed by atoms with Crippen LogP contribution in [-0.2, 0) is 4.79 Å². The minimum atomic E-state index is -0.362. The fourth-order valence-corrected chi connectivity index (χ4v) is 3.09. The SMILES string of the molecule is O=C(NN=Cc1ccc(F)cc1)c1ccc(NC(=O)C2CCCCC2)cc1. The molecule has 2 amide bonds. The highest BCUT2D eigenvalue weighted by molar-refractivity contribution is 5.96. The smallest absolute Gasteiger partial charge is 0.271 e. The van der Waals surface area contributed by atoms with Gasteiger partial charge < -0.3 is 5.32 Å². The van der Waals surface area contributed by atoms with E-state index in [0.29, 0.717) is 16.8 Å². The maximum Gasteiger partial charge on any atom is 0.271 e. The third kappa shape index (κ3) is 5.48. The Morgan fingerprint density at radius 1 is 0.963 bits per heavy atom. The van der Waals surface area contributed by atoms with Crippen LogP contribution in [0.25, 0.3) is 0 Å². The normalized spacial score (nSPS) is 14.9. The zero-order valence-corrected chi connectivity index (χ0v) is 15.0. The molecule has 5 nitrogen and oxygen atoms in total. The highest BCUT2D eigenvalue weighted by Gasteiger charge is 2.21. The molecule has 0 heterocycles. The Morgan fingerprint density at radius 3 is 2.30 bits per heavy atom. The summed E-state index contributed by atoms with van der Waals surface area (Å²) in [6.45, 7) is 0. The van der Waals surface area contributed by atoms with Crippen LogP contribution in [0.3, 0.4) is 0 Å². The molecule has 6 heteroatoms. The summed E-state index contributed by atoms with van der Waals surface area (Å²) in [5, 5.41) is 6.78. The first-order valence-electron chi connectivity index (χ1n) is 9.12. The van der Waals surface area contributed by atoms with Gasteiger partial charge in [-0.2, -0.15) is 5.10 Å². The molecule has 27 heavy (non-hydrogen) atoms. The van der Waals surface area contributed by atoms with E-state index in [2.05, 4.69) is 15.8 Å². The molecular weight excluding hydrogens is 345 g/mol. The van der Waals surface area contributed by atoms with Crippen molar-refractivity contribution >= 4 is 23.7 Å². The number of amides is 2. The van der Waals surface area contributed by atoms with Crippen molar-refractivity contribution in [2.24, 2.45) is 11.0 Å². The van der Waals surface area contributed by atoms with Gasteiger partial charge in [0.1, 0.15) is 5.82 Å². The number of hydrogen-bond acceptors (Lipinski definition) is 3. The lowest BCUT2D eigenvalue weighted by atomic mass is 9.88. The van der Waals surface area contributed by atoms with Gasteiger partial charge in [0.25, 0.3) is 5.91 Å². The molecule has 0 radical (unpaired) electrons. The van der Waals surface area contributed by atoms with Crippen molar-refractivity contribution in [2.75, 3.05) is 5.32 Å². The number of nitrogens with zero attached hydrogens (tertiary/aromatic N) is 1. The summed E-state index contributed by atoms with van der Waals surface area (Å²) in [5.41, 5.74) is 4.21. The van der Waals surface area contributed by atoms with Crippen molar-refractivity contribution in [3.8, 4) is 0 Å². The summed E-state index contributed by atoms with van der Waals surface area (Å²) in [6, 6.07) is 12.5. The fraction of sp³-hybridized carbons (Fsp3) is 0.286. The maximum atomic E-state index is 12.8. The van der Waals surface area contributed by atoms with Crippen molar-refractivity contribution < 1.29 is 14.0 Å². The molecule has 0 unspecified atom stereocenters. The molecular formula is C21H22FN3O2. The molecule has 2 N–H and O–H groups in total. The molecule has 1 aliphatic carbocycles. The molecule has 1 aliphatic rings. The van der Waals surface area contributed by atoms with Crippen LogP contribution >= 0.6 is 0 Å². The van der Waals surface area contributed by atoms with Gasteiger partial charge in [0, 0.05) is 17.2 Å². The number of carbonyl (C=O) groups is 2. The summed E-state index contributed by atoms with van der Waals surface area (Å²) in [7, 11) is 0. The molecule has 1 fully saturated rings. The van der Waals surface area contributed by atoms with Crippen LogP contribution in [0.15, 0.2) is 53.6 Å². The molecule has 0 aromatic heterocycles. The van der Waals surface area contributed by atoms with Gasteiger partial charge in [-0.25, -0.2) is 9.82 Å². The van der Waals surface area contributed by atoms with Crippen molar-refractivity contribution in [1.82, 2.24) is 5.43 Å². The van der Waals surface area contributed by atoms with Gasteiger partial charge in [0.15, 0.2) is 0 Å². The van der Waals surface area contributed by atoms with Gasteiger partial charge in [0.2, 0.25) is 5.91 Å². The summed E-state index contributed by atoms with van der Waals surface area (Å²) in [4.78, 5) is 24.3.